The van der Waals surface area contributed by atoms with Gasteiger partial charge >= 0.3 is 0 Å². The van der Waals surface area contributed by atoms with Crippen molar-refractivity contribution in [2.24, 2.45) is 0 Å². The summed E-state index contributed by atoms with van der Waals surface area (Å²) in [5.41, 5.74) is 5.31. The Morgan fingerprint density at radius 1 is 1.09 bits per heavy atom. The van der Waals surface area contributed by atoms with Gasteiger partial charge in [-0.05, 0) is 68.1 Å². The van der Waals surface area contributed by atoms with Crippen LogP contribution >= 0.6 is 0 Å². The number of methoxy groups -OCH3 is 1. The number of aromatic amines is 1. The number of fused-ring (bicyclic) bond motifs is 1. The second-order valence-corrected chi connectivity index (χ2v) is 9.13. The highest BCUT2D eigenvalue weighted by Crippen LogP contribution is 2.30. The highest BCUT2D eigenvalue weighted by molar-refractivity contribution is 5.83. The van der Waals surface area contributed by atoms with Gasteiger partial charge in [-0.2, -0.15) is 0 Å². The SMILES string of the molecule is COc1ccc(-c2c#cc3[nH]c(CN4CCC[C@@H]4CO)cc3c2)cc1COC1CCCC1. The van der Waals surface area contributed by atoms with Crippen molar-refractivity contribution in [3.05, 3.63) is 53.7 Å². The van der Waals surface area contributed by atoms with Crippen molar-refractivity contribution in [1.82, 2.24) is 9.88 Å². The largest absolute Gasteiger partial charge is 0.496 e. The van der Waals surface area contributed by atoms with E-state index in [1.165, 1.54) is 12.8 Å². The number of benzene rings is 1. The molecule has 5 rings (SSSR count). The molecular weight excluding hydrogens is 400 g/mol. The Hall–Kier alpha value is -2.52. The summed E-state index contributed by atoms with van der Waals surface area (Å²) in [4.78, 5) is 5.83. The van der Waals surface area contributed by atoms with Crippen LogP contribution in [0.15, 0.2) is 30.3 Å². The molecule has 1 saturated carbocycles. The van der Waals surface area contributed by atoms with E-state index in [4.69, 9.17) is 9.47 Å². The molecule has 0 radical (unpaired) electrons. The molecule has 3 aromatic rings. The molecule has 0 spiro atoms. The number of aliphatic hydroxyl groups excluding tert-OH is 1. The average Bonchev–Trinajstić information content (AvgIpc) is 3.57. The first-order valence-corrected chi connectivity index (χ1v) is 11.8. The lowest BCUT2D eigenvalue weighted by molar-refractivity contribution is 0.0446. The van der Waals surface area contributed by atoms with E-state index in [0.717, 1.165) is 77.8 Å². The van der Waals surface area contributed by atoms with Gasteiger partial charge < -0.3 is 19.6 Å². The lowest BCUT2D eigenvalue weighted by atomic mass is 10.0. The summed E-state index contributed by atoms with van der Waals surface area (Å²) in [5.74, 6) is 0.866. The number of ether oxygens (including phenoxy) is 2. The number of aliphatic hydroxyl groups is 1. The molecular formula is C27H32N2O3. The van der Waals surface area contributed by atoms with Crippen LogP contribution in [0.5, 0.6) is 5.75 Å². The van der Waals surface area contributed by atoms with E-state index in [-0.39, 0.29) is 12.6 Å². The van der Waals surface area contributed by atoms with E-state index in [2.05, 4.69) is 46.3 Å². The molecule has 1 aliphatic carbocycles. The van der Waals surface area contributed by atoms with Crippen LogP contribution in [0.4, 0.5) is 0 Å². The lowest BCUT2D eigenvalue weighted by Gasteiger charge is -2.21. The smallest absolute Gasteiger partial charge is 0.124 e. The molecule has 5 nitrogen and oxygen atoms in total. The molecule has 1 aliphatic heterocycles. The molecule has 2 aromatic carbocycles. The van der Waals surface area contributed by atoms with Gasteiger partial charge in [0.05, 0.1) is 31.9 Å². The number of aromatic nitrogens is 1. The van der Waals surface area contributed by atoms with E-state index in [1.54, 1.807) is 7.11 Å². The average molecular weight is 433 g/mol. The molecule has 1 atom stereocenters. The Balaban J connectivity index is 1.36. The van der Waals surface area contributed by atoms with Crippen LogP contribution in [0, 0.1) is 12.1 Å². The van der Waals surface area contributed by atoms with Crippen LogP contribution in [0.3, 0.4) is 0 Å². The summed E-state index contributed by atoms with van der Waals surface area (Å²) in [5, 5.41) is 10.7. The topological polar surface area (TPSA) is 57.7 Å². The van der Waals surface area contributed by atoms with Crippen LogP contribution in [0.2, 0.25) is 0 Å². The van der Waals surface area contributed by atoms with Gasteiger partial charge in [0.15, 0.2) is 0 Å². The van der Waals surface area contributed by atoms with Crippen LogP contribution < -0.4 is 4.74 Å². The Morgan fingerprint density at radius 3 is 2.78 bits per heavy atom. The molecule has 2 N–H and O–H groups in total. The van der Waals surface area contributed by atoms with E-state index >= 15 is 0 Å². The fourth-order valence-electron chi connectivity index (χ4n) is 5.16. The highest BCUT2D eigenvalue weighted by Gasteiger charge is 2.24. The summed E-state index contributed by atoms with van der Waals surface area (Å²) in [7, 11) is 1.71. The predicted molar refractivity (Wildman–Crippen MR) is 126 cm³/mol. The van der Waals surface area contributed by atoms with Gasteiger partial charge in [-0.15, -0.1) is 0 Å². The molecule has 2 heterocycles. The number of likely N-dealkylation sites (tertiary alicyclic amines) is 1. The van der Waals surface area contributed by atoms with Crippen molar-refractivity contribution in [3.8, 4) is 16.9 Å². The van der Waals surface area contributed by atoms with Gasteiger partial charge in [0, 0.05) is 34.8 Å². The quantitative estimate of drug-likeness (QED) is 0.534. The number of hydrogen-bond donors (Lipinski definition) is 2. The van der Waals surface area contributed by atoms with Crippen molar-refractivity contribution in [3.63, 3.8) is 0 Å². The first-order valence-electron chi connectivity index (χ1n) is 11.8. The fraction of sp³-hybridized carbons (Fsp3) is 0.481. The van der Waals surface area contributed by atoms with Gasteiger partial charge in [-0.3, -0.25) is 4.90 Å². The monoisotopic (exact) mass is 432 g/mol. The number of nitrogens with one attached hydrogen (secondary N) is 1. The summed E-state index contributed by atoms with van der Waals surface area (Å²) >= 11 is 0. The maximum Gasteiger partial charge on any atom is 0.124 e. The maximum atomic E-state index is 9.60. The second-order valence-electron chi connectivity index (χ2n) is 9.13. The fourth-order valence-corrected chi connectivity index (χ4v) is 5.16. The minimum absolute atomic E-state index is 0.231. The molecule has 0 unspecified atom stereocenters. The molecule has 2 aliphatic rings. The van der Waals surface area contributed by atoms with Crippen LogP contribution in [-0.4, -0.2) is 47.4 Å². The highest BCUT2D eigenvalue weighted by atomic mass is 16.5. The van der Waals surface area contributed by atoms with Crippen molar-refractivity contribution in [2.75, 3.05) is 20.3 Å². The Bertz CT molecular complexity index is 1050. The summed E-state index contributed by atoms with van der Waals surface area (Å²) in [6.07, 6.45) is 7.46. The van der Waals surface area contributed by atoms with Crippen LogP contribution in [0.25, 0.3) is 22.0 Å². The van der Waals surface area contributed by atoms with E-state index in [9.17, 15) is 5.11 Å². The normalized spacial score (nSPS) is 19.6. The minimum atomic E-state index is 0.231. The predicted octanol–water partition coefficient (Wildman–Crippen LogP) is 4.86. The number of nitrogens with zero attached hydrogens (tertiary/aromatic N) is 1. The van der Waals surface area contributed by atoms with Crippen molar-refractivity contribution >= 4 is 10.9 Å². The third-order valence-corrected chi connectivity index (χ3v) is 6.98. The Kier molecular flexibility index (Phi) is 6.36. The number of rotatable bonds is 8. The van der Waals surface area contributed by atoms with Gasteiger partial charge in [0.1, 0.15) is 5.75 Å². The number of H-pyrrole nitrogens is 1. The number of hydrogen-bond acceptors (Lipinski definition) is 4. The standard InChI is InChI=1S/C27H32N2O3/c1-31-27-11-9-20(14-22(27)18-32-25-6-2-3-7-25)19-8-10-26-21(13-19)15-23(28-26)16-29-12-4-5-24(29)17-30/h9,11,13-15,24-25,28,30H,2-7,12,16-18H2,1H3/t24-/m1/s1. The van der Waals surface area contributed by atoms with E-state index in [0.29, 0.717) is 12.7 Å². The minimum Gasteiger partial charge on any atom is -0.496 e. The van der Waals surface area contributed by atoms with Crippen molar-refractivity contribution < 1.29 is 14.6 Å². The Labute approximate surface area is 190 Å². The lowest BCUT2D eigenvalue weighted by Crippen LogP contribution is -2.31. The van der Waals surface area contributed by atoms with Gasteiger partial charge in [0.25, 0.3) is 0 Å². The second kappa shape index (κ2) is 9.54. The first kappa shape index (κ1) is 21.3. The molecule has 32 heavy (non-hydrogen) atoms. The maximum absolute atomic E-state index is 9.60. The summed E-state index contributed by atoms with van der Waals surface area (Å²) < 4.78 is 11.7. The third-order valence-electron chi connectivity index (χ3n) is 6.98. The molecule has 0 amide bonds. The molecule has 2 fully saturated rings. The van der Waals surface area contributed by atoms with Crippen molar-refractivity contribution in [1.29, 1.82) is 0 Å². The zero-order chi connectivity index (χ0) is 21.9. The molecule has 0 bridgehead atoms. The zero-order valence-corrected chi connectivity index (χ0v) is 18.8. The molecule has 1 saturated heterocycles. The zero-order valence-electron chi connectivity index (χ0n) is 18.8. The summed E-state index contributed by atoms with van der Waals surface area (Å²) in [6, 6.07) is 17.5. The van der Waals surface area contributed by atoms with Crippen LogP contribution in [-0.2, 0) is 17.9 Å². The molecule has 5 heteroatoms. The van der Waals surface area contributed by atoms with Gasteiger partial charge in [0.2, 0.25) is 0 Å². The van der Waals surface area contributed by atoms with E-state index in [1.807, 2.05) is 6.07 Å². The molecule has 168 valence electrons. The van der Waals surface area contributed by atoms with E-state index < -0.39 is 0 Å². The third kappa shape index (κ3) is 4.49. The Morgan fingerprint density at radius 2 is 1.97 bits per heavy atom. The summed E-state index contributed by atoms with van der Waals surface area (Å²) in [6.45, 7) is 2.67. The molecule has 1 aromatic heterocycles. The first-order chi connectivity index (χ1) is 15.7. The van der Waals surface area contributed by atoms with Crippen molar-refractivity contribution in [2.45, 2.75) is 63.8 Å². The van der Waals surface area contributed by atoms with Gasteiger partial charge in [-0.25, -0.2) is 0 Å². The van der Waals surface area contributed by atoms with Gasteiger partial charge in [-0.1, -0.05) is 25.0 Å². The van der Waals surface area contributed by atoms with Crippen LogP contribution in [0.1, 0.15) is 49.8 Å².